The van der Waals surface area contributed by atoms with Gasteiger partial charge >= 0.3 is 0 Å². The van der Waals surface area contributed by atoms with Gasteiger partial charge in [0.25, 0.3) is 0 Å². The first-order chi connectivity index (χ1) is 12.4. The molecule has 26 heavy (non-hydrogen) atoms. The first kappa shape index (κ1) is 18.0. The van der Waals surface area contributed by atoms with Crippen LogP contribution in [0.25, 0.3) is 0 Å². The van der Waals surface area contributed by atoms with Gasteiger partial charge in [0.1, 0.15) is 11.5 Å². The molecule has 0 radical (unpaired) electrons. The Labute approximate surface area is 159 Å². The highest BCUT2D eigenvalue weighted by Gasteiger charge is 2.20. The molecule has 4 nitrogen and oxygen atoms in total. The molecule has 0 aromatic heterocycles. The number of hydrogen-bond acceptors (Lipinski definition) is 4. The monoisotopic (exact) mass is 386 g/mol. The third-order valence-corrected chi connectivity index (χ3v) is 4.32. The Bertz CT molecular complexity index is 1010. The molecule has 0 aliphatic heterocycles. The zero-order valence-electron chi connectivity index (χ0n) is 13.2. The second-order valence-electron chi connectivity index (χ2n) is 5.54. The quantitative estimate of drug-likeness (QED) is 0.627. The summed E-state index contributed by atoms with van der Waals surface area (Å²) in [6.45, 7) is 0. The van der Waals surface area contributed by atoms with Gasteiger partial charge in [-0.3, -0.25) is 9.59 Å². The normalized spacial score (nSPS) is 10.5. The molecular weight excluding hydrogens is 375 g/mol. The van der Waals surface area contributed by atoms with Crippen molar-refractivity contribution >= 4 is 34.8 Å². The average molecular weight is 387 g/mol. The SMILES string of the molecule is O=C(c1ccccc1)c1cc(C(=O)c2cc(Cl)cc(Cl)c2O)ccc1O. The van der Waals surface area contributed by atoms with Gasteiger partial charge < -0.3 is 10.2 Å². The lowest BCUT2D eigenvalue weighted by molar-refractivity contribution is 0.103. The van der Waals surface area contributed by atoms with Crippen molar-refractivity contribution in [2.24, 2.45) is 0 Å². The van der Waals surface area contributed by atoms with Crippen molar-refractivity contribution in [2.45, 2.75) is 0 Å². The van der Waals surface area contributed by atoms with Crippen molar-refractivity contribution in [1.82, 2.24) is 0 Å². The van der Waals surface area contributed by atoms with Crippen LogP contribution in [0.3, 0.4) is 0 Å². The van der Waals surface area contributed by atoms with E-state index in [2.05, 4.69) is 0 Å². The number of carbonyl (C=O) groups is 2. The zero-order valence-corrected chi connectivity index (χ0v) is 14.8. The maximum Gasteiger partial charge on any atom is 0.196 e. The molecular formula is C20H12Cl2O4. The number of ketones is 2. The lowest BCUT2D eigenvalue weighted by Gasteiger charge is -2.09. The molecule has 0 aliphatic carbocycles. The van der Waals surface area contributed by atoms with Crippen LogP contribution in [0.4, 0.5) is 0 Å². The van der Waals surface area contributed by atoms with Gasteiger partial charge in [-0.1, -0.05) is 53.5 Å². The fourth-order valence-corrected chi connectivity index (χ4v) is 2.99. The molecule has 130 valence electrons. The number of carbonyl (C=O) groups excluding carboxylic acids is 2. The van der Waals surface area contributed by atoms with Crippen molar-refractivity contribution in [3.63, 3.8) is 0 Å². The summed E-state index contributed by atoms with van der Waals surface area (Å²) in [7, 11) is 0. The van der Waals surface area contributed by atoms with Crippen LogP contribution < -0.4 is 0 Å². The van der Waals surface area contributed by atoms with Gasteiger partial charge in [-0.25, -0.2) is 0 Å². The van der Waals surface area contributed by atoms with Crippen molar-refractivity contribution in [3.05, 3.63) is 93.0 Å². The maximum absolute atomic E-state index is 12.7. The van der Waals surface area contributed by atoms with Gasteiger partial charge in [0, 0.05) is 16.1 Å². The van der Waals surface area contributed by atoms with Gasteiger partial charge in [0.2, 0.25) is 0 Å². The Morgan fingerprint density at radius 3 is 2.08 bits per heavy atom. The largest absolute Gasteiger partial charge is 0.507 e. The Hall–Kier alpha value is -2.82. The van der Waals surface area contributed by atoms with Gasteiger partial charge in [-0.05, 0) is 30.3 Å². The number of halogens is 2. The number of aromatic hydroxyl groups is 2. The Balaban J connectivity index is 2.05. The number of benzene rings is 3. The van der Waals surface area contributed by atoms with Crippen molar-refractivity contribution in [1.29, 1.82) is 0 Å². The average Bonchev–Trinajstić information content (AvgIpc) is 2.64. The first-order valence-electron chi connectivity index (χ1n) is 7.54. The highest BCUT2D eigenvalue weighted by molar-refractivity contribution is 6.36. The number of rotatable bonds is 4. The molecule has 0 atom stereocenters. The molecule has 3 aromatic rings. The number of phenols is 2. The third-order valence-electron chi connectivity index (χ3n) is 3.81. The molecule has 0 saturated heterocycles. The Morgan fingerprint density at radius 2 is 1.38 bits per heavy atom. The zero-order chi connectivity index (χ0) is 18.8. The van der Waals surface area contributed by atoms with Crippen LogP contribution in [0.2, 0.25) is 10.0 Å². The summed E-state index contributed by atoms with van der Waals surface area (Å²) in [6, 6.07) is 14.9. The summed E-state index contributed by atoms with van der Waals surface area (Å²) in [5.41, 5.74) is 0.373. The summed E-state index contributed by atoms with van der Waals surface area (Å²) in [5, 5.41) is 20.2. The maximum atomic E-state index is 12.7. The van der Waals surface area contributed by atoms with Crippen molar-refractivity contribution < 1.29 is 19.8 Å². The van der Waals surface area contributed by atoms with E-state index in [-0.39, 0.29) is 32.5 Å². The highest BCUT2D eigenvalue weighted by atomic mass is 35.5. The minimum Gasteiger partial charge on any atom is -0.507 e. The summed E-state index contributed by atoms with van der Waals surface area (Å²) in [5.74, 6) is -1.64. The van der Waals surface area contributed by atoms with Gasteiger partial charge in [-0.15, -0.1) is 0 Å². The molecule has 3 rings (SSSR count). The molecule has 0 bridgehead atoms. The topological polar surface area (TPSA) is 74.6 Å². The molecule has 2 N–H and O–H groups in total. The predicted molar refractivity (Wildman–Crippen MR) is 99.5 cm³/mol. The summed E-state index contributed by atoms with van der Waals surface area (Å²) in [6.07, 6.45) is 0. The van der Waals surface area contributed by atoms with Crippen LogP contribution in [0, 0.1) is 0 Å². The lowest BCUT2D eigenvalue weighted by atomic mass is 9.96. The summed E-state index contributed by atoms with van der Waals surface area (Å²) in [4.78, 5) is 25.3. The summed E-state index contributed by atoms with van der Waals surface area (Å²) >= 11 is 11.8. The van der Waals surface area contributed by atoms with E-state index in [1.807, 2.05) is 0 Å². The molecule has 6 heteroatoms. The summed E-state index contributed by atoms with van der Waals surface area (Å²) < 4.78 is 0. The van der Waals surface area contributed by atoms with E-state index in [4.69, 9.17) is 23.2 Å². The van der Waals surface area contributed by atoms with E-state index in [9.17, 15) is 19.8 Å². The second-order valence-corrected chi connectivity index (χ2v) is 6.38. The highest BCUT2D eigenvalue weighted by Crippen LogP contribution is 2.33. The Kier molecular flexibility index (Phi) is 4.98. The van der Waals surface area contributed by atoms with Crippen LogP contribution in [0.15, 0.2) is 60.7 Å². The van der Waals surface area contributed by atoms with Crippen molar-refractivity contribution in [3.8, 4) is 11.5 Å². The molecule has 0 heterocycles. The minimum absolute atomic E-state index is 0.0188. The van der Waals surface area contributed by atoms with Gasteiger partial charge in [0.15, 0.2) is 11.6 Å². The van der Waals surface area contributed by atoms with Crippen molar-refractivity contribution in [2.75, 3.05) is 0 Å². The molecule has 0 saturated carbocycles. The fraction of sp³-hybridized carbons (Fsp3) is 0. The molecule has 0 aliphatic rings. The third kappa shape index (κ3) is 3.43. The van der Waals surface area contributed by atoms with E-state index in [0.29, 0.717) is 5.56 Å². The standard InChI is InChI=1S/C20H12Cl2O4/c21-13-9-15(20(26)16(22)10-13)19(25)12-6-7-17(23)14(8-12)18(24)11-4-2-1-3-5-11/h1-10,23,26H. The van der Waals surface area contributed by atoms with Gasteiger partial charge in [-0.2, -0.15) is 0 Å². The van der Waals surface area contributed by atoms with Crippen LogP contribution in [0.1, 0.15) is 31.8 Å². The molecule has 0 spiro atoms. The Morgan fingerprint density at radius 1 is 0.731 bits per heavy atom. The van der Waals surface area contributed by atoms with E-state index in [1.165, 1.54) is 30.3 Å². The first-order valence-corrected chi connectivity index (χ1v) is 8.29. The minimum atomic E-state index is -0.575. The molecule has 3 aromatic carbocycles. The van der Waals surface area contributed by atoms with E-state index in [0.717, 1.165) is 0 Å². The van der Waals surface area contributed by atoms with Crippen LogP contribution in [-0.4, -0.2) is 21.8 Å². The number of phenolic OH excluding ortho intramolecular Hbond substituents is 2. The van der Waals surface area contributed by atoms with E-state index < -0.39 is 17.3 Å². The van der Waals surface area contributed by atoms with Crippen LogP contribution >= 0.6 is 23.2 Å². The second kappa shape index (κ2) is 7.20. The predicted octanol–water partition coefficient (Wildman–Crippen LogP) is 4.87. The van der Waals surface area contributed by atoms with E-state index >= 15 is 0 Å². The smallest absolute Gasteiger partial charge is 0.196 e. The van der Waals surface area contributed by atoms with Crippen LogP contribution in [0.5, 0.6) is 11.5 Å². The number of hydrogen-bond donors (Lipinski definition) is 2. The van der Waals surface area contributed by atoms with Crippen LogP contribution in [-0.2, 0) is 0 Å². The van der Waals surface area contributed by atoms with Gasteiger partial charge in [0.05, 0.1) is 16.1 Å². The molecule has 0 fully saturated rings. The lowest BCUT2D eigenvalue weighted by Crippen LogP contribution is -2.06. The van der Waals surface area contributed by atoms with E-state index in [1.54, 1.807) is 30.3 Å². The fourth-order valence-electron chi connectivity index (χ4n) is 2.50. The molecule has 0 amide bonds. The molecule has 0 unspecified atom stereocenters.